The molecule has 0 aliphatic rings. The third kappa shape index (κ3) is 7.56. The predicted molar refractivity (Wildman–Crippen MR) is 161 cm³/mol. The second kappa shape index (κ2) is 14.1. The Morgan fingerprint density at radius 2 is 1.41 bits per heavy atom. The summed E-state index contributed by atoms with van der Waals surface area (Å²) in [4.78, 5) is 32.9. The Morgan fingerprint density at radius 1 is 0.923 bits per heavy atom. The lowest BCUT2D eigenvalue weighted by Crippen LogP contribution is -2.54. The number of hydrogen-bond acceptors (Lipinski definition) is 4. The van der Waals surface area contributed by atoms with Gasteiger partial charge in [-0.05, 0) is 48.6 Å². The van der Waals surface area contributed by atoms with Crippen molar-refractivity contribution in [1.29, 1.82) is 0 Å². The van der Waals surface area contributed by atoms with Crippen molar-refractivity contribution in [3.8, 4) is 0 Å². The van der Waals surface area contributed by atoms with Crippen LogP contribution in [0.5, 0.6) is 0 Å². The minimum atomic E-state index is -1.14. The van der Waals surface area contributed by atoms with Gasteiger partial charge in [-0.25, -0.2) is 0 Å². The van der Waals surface area contributed by atoms with E-state index in [9.17, 15) is 9.59 Å². The van der Waals surface area contributed by atoms with Gasteiger partial charge < -0.3 is 27.8 Å². The SMILES string of the molecule is CC(C(=O)N(Cc1cc(Cl)c(N)c(Cl)c1)[C@H](CCCN=C(N)N)C(N)=O)(c1ccccc1)c1ccccc1.Cl. The van der Waals surface area contributed by atoms with Crippen molar-refractivity contribution in [2.24, 2.45) is 22.2 Å². The van der Waals surface area contributed by atoms with Gasteiger partial charge in [0, 0.05) is 13.1 Å². The quantitative estimate of drug-likeness (QED) is 0.114. The van der Waals surface area contributed by atoms with Gasteiger partial charge in [0.15, 0.2) is 5.96 Å². The number of guanidine groups is 1. The normalized spacial score (nSPS) is 11.7. The molecule has 0 radical (unpaired) electrons. The molecular formula is C28H33Cl3N6O2. The van der Waals surface area contributed by atoms with E-state index in [1.165, 1.54) is 4.90 Å². The zero-order chi connectivity index (χ0) is 27.9. The standard InChI is InChI=1S/C28H32Cl2N6O2.ClH/c1-28(19-9-4-2-5-10-19,20-11-6-3-7-12-20)26(38)36(17-18-15-21(29)24(31)22(30)16-18)23(25(32)37)13-8-14-35-27(33)34;/h2-7,9-12,15-16,23H,8,13-14,17,31H2,1H3,(H2,32,37)(H4,33,34,35);1H/t23-;/m1./s1. The lowest BCUT2D eigenvalue weighted by Gasteiger charge is -2.39. The highest BCUT2D eigenvalue weighted by atomic mass is 35.5. The summed E-state index contributed by atoms with van der Waals surface area (Å²) in [5.41, 5.74) is 23.9. The molecule has 3 rings (SSSR count). The maximum Gasteiger partial charge on any atom is 0.240 e. The maximum absolute atomic E-state index is 14.7. The molecule has 0 spiro atoms. The molecule has 1 atom stereocenters. The van der Waals surface area contributed by atoms with Crippen LogP contribution in [-0.4, -0.2) is 35.3 Å². The number of nitrogens with two attached hydrogens (primary N) is 4. The highest BCUT2D eigenvalue weighted by Crippen LogP contribution is 2.36. The Kier molecular flexibility index (Phi) is 11.5. The summed E-state index contributed by atoms with van der Waals surface area (Å²) in [6.45, 7) is 2.14. The summed E-state index contributed by atoms with van der Waals surface area (Å²) in [5.74, 6) is -1.02. The molecule has 3 aromatic carbocycles. The highest BCUT2D eigenvalue weighted by Gasteiger charge is 2.43. The molecule has 3 aromatic rings. The summed E-state index contributed by atoms with van der Waals surface area (Å²) in [6.07, 6.45) is 0.667. The van der Waals surface area contributed by atoms with Crippen LogP contribution < -0.4 is 22.9 Å². The number of nitrogens with zero attached hydrogens (tertiary/aromatic N) is 2. The maximum atomic E-state index is 14.7. The molecule has 8 N–H and O–H groups in total. The fraction of sp³-hybridized carbons (Fsp3) is 0.250. The average Bonchev–Trinajstić information content (AvgIpc) is 2.90. The second-order valence-electron chi connectivity index (χ2n) is 9.13. The topological polar surface area (TPSA) is 154 Å². The number of carbonyl (C=O) groups excluding carboxylic acids is 2. The molecule has 0 fully saturated rings. The molecule has 0 unspecified atom stereocenters. The van der Waals surface area contributed by atoms with Crippen molar-refractivity contribution >= 4 is 59.1 Å². The van der Waals surface area contributed by atoms with E-state index >= 15 is 0 Å². The number of benzene rings is 3. The smallest absolute Gasteiger partial charge is 0.240 e. The van der Waals surface area contributed by atoms with Gasteiger partial charge in [-0.2, -0.15) is 0 Å². The first-order valence-electron chi connectivity index (χ1n) is 12.1. The van der Waals surface area contributed by atoms with Gasteiger partial charge >= 0.3 is 0 Å². The Hall–Kier alpha value is -3.46. The molecule has 2 amide bonds. The van der Waals surface area contributed by atoms with Crippen molar-refractivity contribution in [2.75, 3.05) is 12.3 Å². The first kappa shape index (κ1) is 31.8. The summed E-state index contributed by atoms with van der Waals surface area (Å²) < 4.78 is 0. The van der Waals surface area contributed by atoms with E-state index in [2.05, 4.69) is 4.99 Å². The minimum Gasteiger partial charge on any atom is -0.396 e. The Bertz CT molecular complexity index is 1240. The summed E-state index contributed by atoms with van der Waals surface area (Å²) in [5, 5.41) is 0.495. The molecule has 0 aliphatic heterocycles. The lowest BCUT2D eigenvalue weighted by molar-refractivity contribution is -0.143. The zero-order valence-corrected chi connectivity index (χ0v) is 23.8. The Balaban J connectivity index is 0.00000533. The van der Waals surface area contributed by atoms with Gasteiger partial charge in [-0.1, -0.05) is 83.9 Å². The van der Waals surface area contributed by atoms with Crippen LogP contribution in [0.15, 0.2) is 77.8 Å². The van der Waals surface area contributed by atoms with Crippen molar-refractivity contribution in [2.45, 2.75) is 37.8 Å². The molecule has 0 saturated carbocycles. The number of anilines is 1. The van der Waals surface area contributed by atoms with Gasteiger partial charge in [0.25, 0.3) is 0 Å². The first-order chi connectivity index (χ1) is 18.1. The number of amides is 2. The fourth-order valence-corrected chi connectivity index (χ4v) is 4.97. The molecule has 0 bridgehead atoms. The molecule has 0 aromatic heterocycles. The zero-order valence-electron chi connectivity index (χ0n) is 21.5. The summed E-state index contributed by atoms with van der Waals surface area (Å²) in [6, 6.07) is 21.1. The van der Waals surface area contributed by atoms with Crippen LogP contribution in [0.4, 0.5) is 5.69 Å². The van der Waals surface area contributed by atoms with Crippen LogP contribution in [0, 0.1) is 0 Å². The van der Waals surface area contributed by atoms with Crippen molar-refractivity contribution < 1.29 is 9.59 Å². The van der Waals surface area contributed by atoms with Crippen molar-refractivity contribution in [1.82, 2.24) is 4.90 Å². The number of hydrogen-bond donors (Lipinski definition) is 4. The molecule has 0 aliphatic carbocycles. The Labute approximate surface area is 244 Å². The van der Waals surface area contributed by atoms with Crippen LogP contribution in [0.1, 0.15) is 36.5 Å². The van der Waals surface area contributed by atoms with Gasteiger partial charge in [0.2, 0.25) is 11.8 Å². The third-order valence-corrected chi connectivity index (χ3v) is 7.14. The minimum absolute atomic E-state index is 0. The third-order valence-electron chi connectivity index (χ3n) is 6.52. The fourth-order valence-electron chi connectivity index (χ4n) is 4.44. The second-order valence-corrected chi connectivity index (χ2v) is 9.94. The number of aliphatic imine (C=N–C) groups is 1. The van der Waals surface area contributed by atoms with E-state index in [0.717, 1.165) is 11.1 Å². The van der Waals surface area contributed by atoms with Gasteiger partial charge in [0.1, 0.15) is 6.04 Å². The van der Waals surface area contributed by atoms with Gasteiger partial charge in [-0.3, -0.25) is 14.6 Å². The van der Waals surface area contributed by atoms with E-state index < -0.39 is 17.4 Å². The number of rotatable bonds is 11. The summed E-state index contributed by atoms with van der Waals surface area (Å²) >= 11 is 12.6. The molecular weight excluding hydrogens is 559 g/mol. The lowest BCUT2D eigenvalue weighted by atomic mass is 9.74. The van der Waals surface area contributed by atoms with Crippen LogP contribution in [-0.2, 0) is 21.5 Å². The van der Waals surface area contributed by atoms with E-state index in [-0.39, 0.29) is 59.5 Å². The average molecular weight is 592 g/mol. The largest absolute Gasteiger partial charge is 0.396 e. The molecule has 8 nitrogen and oxygen atoms in total. The monoisotopic (exact) mass is 590 g/mol. The van der Waals surface area contributed by atoms with E-state index in [0.29, 0.717) is 12.0 Å². The Morgan fingerprint density at radius 3 is 1.85 bits per heavy atom. The molecule has 11 heteroatoms. The number of carbonyl (C=O) groups is 2. The van der Waals surface area contributed by atoms with Crippen LogP contribution >= 0.6 is 35.6 Å². The molecule has 0 saturated heterocycles. The predicted octanol–water partition coefficient (Wildman–Crippen LogP) is 4.24. The van der Waals surface area contributed by atoms with Gasteiger partial charge in [0.05, 0.1) is 21.1 Å². The van der Waals surface area contributed by atoms with Crippen molar-refractivity contribution in [3.63, 3.8) is 0 Å². The number of halogens is 3. The molecule has 39 heavy (non-hydrogen) atoms. The van der Waals surface area contributed by atoms with E-state index in [1.807, 2.05) is 67.6 Å². The highest BCUT2D eigenvalue weighted by molar-refractivity contribution is 6.38. The van der Waals surface area contributed by atoms with Crippen molar-refractivity contribution in [3.05, 3.63) is 99.5 Å². The van der Waals surface area contributed by atoms with Crippen LogP contribution in [0.2, 0.25) is 10.0 Å². The summed E-state index contributed by atoms with van der Waals surface area (Å²) in [7, 11) is 0. The molecule has 0 heterocycles. The van der Waals surface area contributed by atoms with E-state index in [4.69, 9.17) is 46.1 Å². The van der Waals surface area contributed by atoms with Gasteiger partial charge in [-0.15, -0.1) is 12.4 Å². The van der Waals surface area contributed by atoms with Crippen LogP contribution in [0.3, 0.4) is 0 Å². The van der Waals surface area contributed by atoms with E-state index in [1.54, 1.807) is 12.1 Å². The number of nitrogen functional groups attached to an aromatic ring is 1. The number of primary amides is 1. The van der Waals surface area contributed by atoms with Crippen LogP contribution in [0.25, 0.3) is 0 Å². The first-order valence-corrected chi connectivity index (χ1v) is 12.8. The molecule has 208 valence electrons.